The van der Waals surface area contributed by atoms with Gasteiger partial charge in [-0.1, -0.05) is 12.1 Å². The highest BCUT2D eigenvalue weighted by Gasteiger charge is 2.29. The summed E-state index contributed by atoms with van der Waals surface area (Å²) in [6, 6.07) is 5.69. The van der Waals surface area contributed by atoms with E-state index in [2.05, 4.69) is 15.7 Å². The van der Waals surface area contributed by atoms with E-state index in [0.29, 0.717) is 17.8 Å². The highest BCUT2D eigenvalue weighted by molar-refractivity contribution is 5.88. The van der Waals surface area contributed by atoms with Crippen LogP contribution in [0.2, 0.25) is 0 Å². The molecule has 0 aliphatic heterocycles. The number of aliphatic carboxylic acids is 1. The van der Waals surface area contributed by atoms with Crippen molar-refractivity contribution in [1.82, 2.24) is 15.1 Å². The number of urea groups is 1. The first-order valence-electron chi connectivity index (χ1n) is 7.70. The average molecular weight is 370 g/mol. The highest BCUT2D eigenvalue weighted by Crippen LogP contribution is 2.29. The molecule has 0 bridgehead atoms. The number of amides is 2. The van der Waals surface area contributed by atoms with Gasteiger partial charge >= 0.3 is 18.2 Å². The Morgan fingerprint density at radius 1 is 1.15 bits per heavy atom. The molecule has 0 fully saturated rings. The lowest BCUT2D eigenvalue weighted by atomic mass is 10.1. The molecule has 1 aromatic heterocycles. The summed E-state index contributed by atoms with van der Waals surface area (Å²) in [5.41, 5.74) is -0.146. The molecule has 0 saturated heterocycles. The second kappa shape index (κ2) is 8.37. The molecule has 1 aromatic carbocycles. The molecule has 0 spiro atoms. The molecule has 0 atom stereocenters. The van der Waals surface area contributed by atoms with Gasteiger partial charge in [0.1, 0.15) is 5.82 Å². The van der Waals surface area contributed by atoms with Gasteiger partial charge in [-0.25, -0.2) is 9.48 Å². The molecule has 2 amide bonds. The quantitative estimate of drug-likeness (QED) is 0.653. The maximum atomic E-state index is 12.6. The molecule has 0 radical (unpaired) electrons. The smallest absolute Gasteiger partial charge is 0.416 e. The number of rotatable bonds is 7. The summed E-state index contributed by atoms with van der Waals surface area (Å²) in [4.78, 5) is 22.2. The number of carboxylic acid groups (broad SMARTS) is 1. The predicted molar refractivity (Wildman–Crippen MR) is 86.7 cm³/mol. The number of carbonyl (C=O) groups excluding carboxylic acids is 1. The summed E-state index contributed by atoms with van der Waals surface area (Å²) in [5.74, 6) is -0.581. The molecule has 2 rings (SSSR count). The van der Waals surface area contributed by atoms with Crippen LogP contribution in [0.4, 0.5) is 23.8 Å². The van der Waals surface area contributed by atoms with Crippen LogP contribution in [-0.4, -0.2) is 33.4 Å². The number of halogens is 3. The first kappa shape index (κ1) is 19.3. The zero-order valence-electron chi connectivity index (χ0n) is 13.6. The van der Waals surface area contributed by atoms with E-state index in [1.165, 1.54) is 23.0 Å². The average Bonchev–Trinajstić information content (AvgIpc) is 2.98. The van der Waals surface area contributed by atoms with Gasteiger partial charge in [0.2, 0.25) is 0 Å². The fourth-order valence-corrected chi connectivity index (χ4v) is 2.14. The van der Waals surface area contributed by atoms with E-state index < -0.39 is 23.7 Å². The number of aromatic nitrogens is 2. The van der Waals surface area contributed by atoms with E-state index in [4.69, 9.17) is 5.11 Å². The van der Waals surface area contributed by atoms with E-state index in [9.17, 15) is 22.8 Å². The van der Waals surface area contributed by atoms with Crippen LogP contribution in [0.5, 0.6) is 0 Å². The standard InChI is InChI=1S/C16H17F3N4O3/c17-16(18,19)12-5-3-11(4-6-12)10-23-13(7-9-21-23)22-15(26)20-8-1-2-14(24)25/h3-7,9H,1-2,8,10H2,(H,24,25)(H2,20,22,26). The van der Waals surface area contributed by atoms with Crippen molar-refractivity contribution in [1.29, 1.82) is 0 Å². The highest BCUT2D eigenvalue weighted by atomic mass is 19.4. The fourth-order valence-electron chi connectivity index (χ4n) is 2.14. The number of carbonyl (C=O) groups is 2. The van der Waals surface area contributed by atoms with Crippen molar-refractivity contribution in [3.63, 3.8) is 0 Å². The van der Waals surface area contributed by atoms with E-state index in [-0.39, 0.29) is 19.5 Å². The fraction of sp³-hybridized carbons (Fsp3) is 0.312. The number of hydrogen-bond donors (Lipinski definition) is 3. The Balaban J connectivity index is 1.91. The molecular weight excluding hydrogens is 353 g/mol. The molecule has 3 N–H and O–H groups in total. The van der Waals surface area contributed by atoms with Gasteiger partial charge in [-0.15, -0.1) is 0 Å². The molecule has 0 unspecified atom stereocenters. The van der Waals surface area contributed by atoms with Gasteiger partial charge in [0.25, 0.3) is 0 Å². The molecule has 0 aliphatic carbocycles. The molecule has 0 aliphatic rings. The lowest BCUT2D eigenvalue weighted by Gasteiger charge is -2.11. The van der Waals surface area contributed by atoms with Gasteiger partial charge in [-0.3, -0.25) is 10.1 Å². The minimum atomic E-state index is -4.39. The van der Waals surface area contributed by atoms with Crippen LogP contribution in [0.3, 0.4) is 0 Å². The third-order valence-electron chi connectivity index (χ3n) is 3.42. The molecule has 140 valence electrons. The molecule has 26 heavy (non-hydrogen) atoms. The van der Waals surface area contributed by atoms with Crippen molar-refractivity contribution in [3.8, 4) is 0 Å². The third kappa shape index (κ3) is 5.80. The van der Waals surface area contributed by atoms with E-state index in [1.54, 1.807) is 6.07 Å². The maximum Gasteiger partial charge on any atom is 0.416 e. The number of anilines is 1. The SMILES string of the molecule is O=C(O)CCCNC(=O)Nc1ccnn1Cc1ccc(C(F)(F)F)cc1. The predicted octanol–water partition coefficient (Wildman–Crippen LogP) is 2.94. The number of alkyl halides is 3. The largest absolute Gasteiger partial charge is 0.481 e. The summed E-state index contributed by atoms with van der Waals surface area (Å²) < 4.78 is 39.1. The monoisotopic (exact) mass is 370 g/mol. The van der Waals surface area contributed by atoms with Gasteiger partial charge in [-0.05, 0) is 24.1 Å². The number of nitrogens with one attached hydrogen (secondary N) is 2. The first-order chi connectivity index (χ1) is 12.3. The Labute approximate surface area is 146 Å². The normalized spacial score (nSPS) is 11.2. The number of hydrogen-bond acceptors (Lipinski definition) is 3. The lowest BCUT2D eigenvalue weighted by molar-refractivity contribution is -0.138. The summed E-state index contributed by atoms with van der Waals surface area (Å²) in [5, 5.41) is 17.6. The second-order valence-corrected chi connectivity index (χ2v) is 5.45. The van der Waals surface area contributed by atoms with Crippen LogP contribution >= 0.6 is 0 Å². The van der Waals surface area contributed by atoms with E-state index in [0.717, 1.165) is 12.1 Å². The van der Waals surface area contributed by atoms with Crippen molar-refractivity contribution >= 4 is 17.8 Å². The Bertz CT molecular complexity index is 757. The molecule has 7 nitrogen and oxygen atoms in total. The van der Waals surface area contributed by atoms with Crippen molar-refractivity contribution in [3.05, 3.63) is 47.7 Å². The topological polar surface area (TPSA) is 96.2 Å². The van der Waals surface area contributed by atoms with Crippen molar-refractivity contribution in [2.45, 2.75) is 25.6 Å². The van der Waals surface area contributed by atoms with Gasteiger partial charge in [-0.2, -0.15) is 18.3 Å². The molecule has 0 saturated carbocycles. The number of benzene rings is 1. The molecule has 1 heterocycles. The second-order valence-electron chi connectivity index (χ2n) is 5.45. The van der Waals surface area contributed by atoms with Crippen LogP contribution in [0.25, 0.3) is 0 Å². The third-order valence-corrected chi connectivity index (χ3v) is 3.42. The van der Waals surface area contributed by atoms with Crippen LogP contribution in [0, 0.1) is 0 Å². The molecular formula is C16H17F3N4O3. The Kier molecular flexibility index (Phi) is 6.21. The molecule has 10 heteroatoms. The van der Waals surface area contributed by atoms with Gasteiger partial charge in [0.05, 0.1) is 18.3 Å². The summed E-state index contributed by atoms with van der Waals surface area (Å²) in [6.07, 6.45) is -2.69. The van der Waals surface area contributed by atoms with Crippen LogP contribution in [0.15, 0.2) is 36.5 Å². The number of nitrogens with zero attached hydrogens (tertiary/aromatic N) is 2. The van der Waals surface area contributed by atoms with Crippen molar-refractivity contribution in [2.75, 3.05) is 11.9 Å². The van der Waals surface area contributed by atoms with Gasteiger partial charge in [0.15, 0.2) is 0 Å². The summed E-state index contributed by atoms with van der Waals surface area (Å²) >= 11 is 0. The minimum absolute atomic E-state index is 0.0495. The Morgan fingerprint density at radius 2 is 1.85 bits per heavy atom. The van der Waals surface area contributed by atoms with Gasteiger partial charge < -0.3 is 10.4 Å². The van der Waals surface area contributed by atoms with E-state index in [1.807, 2.05) is 0 Å². The van der Waals surface area contributed by atoms with Crippen LogP contribution in [-0.2, 0) is 17.5 Å². The van der Waals surface area contributed by atoms with Crippen molar-refractivity contribution < 1.29 is 27.9 Å². The maximum absolute atomic E-state index is 12.6. The Hall–Kier alpha value is -3.04. The minimum Gasteiger partial charge on any atom is -0.481 e. The van der Waals surface area contributed by atoms with Crippen LogP contribution < -0.4 is 10.6 Å². The number of carboxylic acids is 1. The first-order valence-corrected chi connectivity index (χ1v) is 7.70. The lowest BCUT2D eigenvalue weighted by Crippen LogP contribution is -2.30. The zero-order valence-corrected chi connectivity index (χ0v) is 13.6. The zero-order chi connectivity index (χ0) is 19.2. The van der Waals surface area contributed by atoms with E-state index >= 15 is 0 Å². The van der Waals surface area contributed by atoms with Gasteiger partial charge in [0, 0.05) is 19.0 Å². The molecule has 2 aromatic rings. The summed E-state index contributed by atoms with van der Waals surface area (Å²) in [6.45, 7) is 0.380. The van der Waals surface area contributed by atoms with Crippen molar-refractivity contribution in [2.24, 2.45) is 0 Å². The van der Waals surface area contributed by atoms with Crippen LogP contribution in [0.1, 0.15) is 24.0 Å². The summed E-state index contributed by atoms with van der Waals surface area (Å²) in [7, 11) is 0. The Morgan fingerprint density at radius 3 is 2.46 bits per heavy atom.